The van der Waals surface area contributed by atoms with Crippen molar-refractivity contribution in [1.82, 2.24) is 0 Å². The first-order valence-electron chi connectivity index (χ1n) is 11.6. The van der Waals surface area contributed by atoms with Crippen LogP contribution in [0.5, 0.6) is 11.5 Å². The first kappa shape index (κ1) is 23.3. The molecular weight excluding hydrogens is 426 g/mol. The largest absolute Gasteiger partial charge is 0.872 e. The van der Waals surface area contributed by atoms with Crippen LogP contribution in [0.2, 0.25) is 0 Å². The molecule has 3 aromatic rings. The topological polar surface area (TPSA) is 72.8 Å². The van der Waals surface area contributed by atoms with Gasteiger partial charge in [0.1, 0.15) is 5.75 Å². The monoisotopic (exact) mass is 454 g/mol. The maximum absolute atomic E-state index is 12.0. The number of benzene rings is 3. The van der Waals surface area contributed by atoms with Gasteiger partial charge in [0.15, 0.2) is 0 Å². The van der Waals surface area contributed by atoms with E-state index in [1.54, 1.807) is 13.2 Å². The minimum absolute atomic E-state index is 0.182. The van der Waals surface area contributed by atoms with E-state index < -0.39 is 11.7 Å². The Labute approximate surface area is 200 Å². The third kappa shape index (κ3) is 5.90. The molecule has 0 amide bonds. The van der Waals surface area contributed by atoms with Crippen LogP contribution < -0.4 is 14.7 Å². The molecule has 5 heteroatoms. The lowest BCUT2D eigenvalue weighted by Crippen LogP contribution is -2.28. The Morgan fingerprint density at radius 2 is 1.62 bits per heavy atom. The predicted octanol–water partition coefficient (Wildman–Crippen LogP) is 5.06. The molecule has 1 fully saturated rings. The molecule has 0 saturated heterocycles. The van der Waals surface area contributed by atoms with Crippen LogP contribution in [0.25, 0.3) is 0 Å². The Hall–Kier alpha value is -3.91. The zero-order valence-corrected chi connectivity index (χ0v) is 19.3. The average Bonchev–Trinajstić information content (AvgIpc) is 3.37. The second-order valence-electron chi connectivity index (χ2n) is 8.69. The van der Waals surface area contributed by atoms with Crippen LogP contribution in [0.1, 0.15) is 52.7 Å². The molecule has 0 aliphatic heterocycles. The maximum Gasteiger partial charge on any atom is 0.335 e. The normalized spacial score (nSPS) is 13.2. The Morgan fingerprint density at radius 1 is 1.00 bits per heavy atom. The van der Waals surface area contributed by atoms with Gasteiger partial charge in [0.2, 0.25) is 0 Å². The molecular formula is C29H28NO4-. The van der Waals surface area contributed by atoms with Crippen molar-refractivity contribution in [3.05, 3.63) is 89.0 Å². The average molecular weight is 455 g/mol. The molecule has 34 heavy (non-hydrogen) atoms. The Kier molecular flexibility index (Phi) is 7.39. The van der Waals surface area contributed by atoms with Gasteiger partial charge in [-0.15, -0.1) is 0 Å². The molecule has 0 heterocycles. The van der Waals surface area contributed by atoms with Crippen molar-refractivity contribution in [2.75, 3.05) is 18.6 Å². The summed E-state index contributed by atoms with van der Waals surface area (Å²) >= 11 is 0. The van der Waals surface area contributed by atoms with E-state index in [1.807, 2.05) is 36.4 Å². The van der Waals surface area contributed by atoms with Crippen molar-refractivity contribution in [2.24, 2.45) is 5.92 Å². The molecule has 174 valence electrons. The first-order valence-corrected chi connectivity index (χ1v) is 11.6. The van der Waals surface area contributed by atoms with Gasteiger partial charge in [-0.05, 0) is 72.9 Å². The highest BCUT2D eigenvalue weighted by atomic mass is 16.5. The highest BCUT2D eigenvalue weighted by molar-refractivity contribution is 5.91. The molecule has 1 N–H and O–H groups in total. The summed E-state index contributed by atoms with van der Waals surface area (Å²) in [6.07, 6.45) is 4.84. The molecule has 5 nitrogen and oxygen atoms in total. The number of carbonyl (C=O) groups is 1. The second-order valence-corrected chi connectivity index (χ2v) is 8.69. The highest BCUT2D eigenvalue weighted by Crippen LogP contribution is 2.30. The fourth-order valence-electron chi connectivity index (χ4n) is 4.38. The van der Waals surface area contributed by atoms with Crippen LogP contribution in [0.3, 0.4) is 0 Å². The van der Waals surface area contributed by atoms with Gasteiger partial charge in [-0.3, -0.25) is 0 Å². The summed E-state index contributed by atoms with van der Waals surface area (Å²) in [6.45, 7) is 1.48. The zero-order valence-electron chi connectivity index (χ0n) is 19.3. The highest BCUT2D eigenvalue weighted by Gasteiger charge is 2.20. The quantitative estimate of drug-likeness (QED) is 0.505. The van der Waals surface area contributed by atoms with Gasteiger partial charge < -0.3 is 19.8 Å². The SMILES string of the molecule is COc1ccc(C#Cc2ccc(CN(CC3CCCC3)c3ccc([O-])c(C(=O)O)c3)cc2)cc1. The third-order valence-corrected chi connectivity index (χ3v) is 6.28. The lowest BCUT2D eigenvalue weighted by atomic mass is 10.0. The maximum atomic E-state index is 12.0. The van der Waals surface area contributed by atoms with Gasteiger partial charge in [-0.25, -0.2) is 4.79 Å². The summed E-state index contributed by atoms with van der Waals surface area (Å²) in [5.74, 6) is 6.09. The van der Waals surface area contributed by atoms with E-state index in [0.29, 0.717) is 12.5 Å². The number of anilines is 1. The van der Waals surface area contributed by atoms with Crippen LogP contribution in [-0.4, -0.2) is 24.7 Å². The van der Waals surface area contributed by atoms with Crippen LogP contribution in [0, 0.1) is 17.8 Å². The van der Waals surface area contributed by atoms with E-state index in [0.717, 1.165) is 34.7 Å². The van der Waals surface area contributed by atoms with Crippen molar-refractivity contribution < 1.29 is 19.7 Å². The smallest absolute Gasteiger partial charge is 0.335 e. The molecule has 0 bridgehead atoms. The van der Waals surface area contributed by atoms with Crippen LogP contribution in [0.4, 0.5) is 5.69 Å². The van der Waals surface area contributed by atoms with E-state index in [1.165, 1.54) is 37.8 Å². The number of aromatic carboxylic acids is 1. The number of nitrogens with zero attached hydrogens (tertiary/aromatic N) is 1. The van der Waals surface area contributed by atoms with Gasteiger partial charge in [0, 0.05) is 29.9 Å². The minimum Gasteiger partial charge on any atom is -0.872 e. The lowest BCUT2D eigenvalue weighted by molar-refractivity contribution is -0.268. The van der Waals surface area contributed by atoms with Gasteiger partial charge in [0.25, 0.3) is 0 Å². The van der Waals surface area contributed by atoms with Gasteiger partial charge in [-0.2, -0.15) is 0 Å². The zero-order chi connectivity index (χ0) is 23.9. The third-order valence-electron chi connectivity index (χ3n) is 6.28. The molecule has 3 aromatic carbocycles. The van der Waals surface area contributed by atoms with Crippen molar-refractivity contribution in [3.8, 4) is 23.3 Å². The fourth-order valence-corrected chi connectivity index (χ4v) is 4.38. The predicted molar refractivity (Wildman–Crippen MR) is 131 cm³/mol. The van der Waals surface area contributed by atoms with E-state index in [-0.39, 0.29) is 5.56 Å². The number of hydrogen-bond acceptors (Lipinski definition) is 4. The number of carboxylic acids is 1. The van der Waals surface area contributed by atoms with Crippen molar-refractivity contribution in [1.29, 1.82) is 0 Å². The van der Waals surface area contributed by atoms with Crippen molar-refractivity contribution in [2.45, 2.75) is 32.2 Å². The van der Waals surface area contributed by atoms with Crippen molar-refractivity contribution in [3.63, 3.8) is 0 Å². The fraction of sp³-hybridized carbons (Fsp3) is 0.276. The molecule has 0 spiro atoms. The van der Waals surface area contributed by atoms with Crippen LogP contribution in [-0.2, 0) is 6.54 Å². The first-order chi connectivity index (χ1) is 16.5. The number of ether oxygens (including phenoxy) is 1. The van der Waals surface area contributed by atoms with E-state index >= 15 is 0 Å². The van der Waals surface area contributed by atoms with Gasteiger partial charge >= 0.3 is 5.97 Å². The van der Waals surface area contributed by atoms with Gasteiger partial charge in [0.05, 0.1) is 12.7 Å². The molecule has 0 radical (unpaired) electrons. The summed E-state index contributed by atoms with van der Waals surface area (Å²) < 4.78 is 5.18. The molecule has 0 atom stereocenters. The summed E-state index contributed by atoms with van der Waals surface area (Å²) in [6, 6.07) is 20.4. The molecule has 0 unspecified atom stereocenters. The van der Waals surface area contributed by atoms with Crippen molar-refractivity contribution >= 4 is 11.7 Å². The van der Waals surface area contributed by atoms with Crippen LogP contribution >= 0.6 is 0 Å². The summed E-state index contributed by atoms with van der Waals surface area (Å²) in [7, 11) is 1.64. The molecule has 1 saturated carbocycles. The Bertz CT molecular complexity index is 1180. The Morgan fingerprint density at radius 3 is 2.21 bits per heavy atom. The lowest BCUT2D eigenvalue weighted by Gasteiger charge is -2.29. The molecule has 1 aliphatic carbocycles. The molecule has 0 aromatic heterocycles. The second kappa shape index (κ2) is 10.8. The van der Waals surface area contributed by atoms with E-state index in [9.17, 15) is 15.0 Å². The van der Waals surface area contributed by atoms with Gasteiger partial charge in [-0.1, -0.05) is 48.6 Å². The standard InChI is InChI=1S/C29H29NO4/c1-34-26-15-12-22(13-16-26)7-6-21-8-10-24(11-9-21)20-30(19-23-4-2-3-5-23)25-14-17-28(31)27(18-25)29(32)33/h8-18,23,31H,2-5,19-20H2,1H3,(H,32,33)/p-1. The number of methoxy groups -OCH3 is 1. The molecule has 1 aliphatic rings. The number of rotatable bonds is 7. The Balaban J connectivity index is 1.51. The van der Waals surface area contributed by atoms with E-state index in [4.69, 9.17) is 4.74 Å². The summed E-state index contributed by atoms with van der Waals surface area (Å²) in [5.41, 5.74) is 3.54. The molecule has 4 rings (SSSR count). The summed E-state index contributed by atoms with van der Waals surface area (Å²) in [5, 5.41) is 21.4. The minimum atomic E-state index is -1.19. The number of carboxylic acid groups (broad SMARTS) is 1. The number of hydrogen-bond donors (Lipinski definition) is 1. The summed E-state index contributed by atoms with van der Waals surface area (Å²) in [4.78, 5) is 13.7. The van der Waals surface area contributed by atoms with Crippen LogP contribution in [0.15, 0.2) is 66.7 Å². The van der Waals surface area contributed by atoms with E-state index in [2.05, 4.69) is 28.9 Å².